The molecule has 0 aromatic rings. The van der Waals surface area contributed by atoms with Gasteiger partial charge in [-0.15, -0.1) is 12.4 Å². The molecular formula is C8H21ClN2O2S. The number of hydrogen-bond donors (Lipinski definition) is 2. The van der Waals surface area contributed by atoms with E-state index >= 15 is 0 Å². The van der Waals surface area contributed by atoms with E-state index in [1.165, 1.54) is 0 Å². The van der Waals surface area contributed by atoms with Crippen molar-refractivity contribution < 1.29 is 8.42 Å². The molecule has 0 aliphatic rings. The Morgan fingerprint density at radius 1 is 1.36 bits per heavy atom. The Morgan fingerprint density at radius 2 is 1.86 bits per heavy atom. The van der Waals surface area contributed by atoms with Crippen molar-refractivity contribution in [2.45, 2.75) is 39.2 Å². The second-order valence-electron chi connectivity index (χ2n) is 3.98. The monoisotopic (exact) mass is 244 g/mol. The van der Waals surface area contributed by atoms with Crippen molar-refractivity contribution in [3.05, 3.63) is 0 Å². The van der Waals surface area contributed by atoms with Crippen molar-refractivity contribution >= 4 is 22.4 Å². The maximum Gasteiger partial charge on any atom is 0.211 e. The van der Waals surface area contributed by atoms with Gasteiger partial charge in [-0.05, 0) is 20.3 Å². The van der Waals surface area contributed by atoms with Gasteiger partial charge in [0.05, 0.1) is 5.75 Å². The quantitative estimate of drug-likeness (QED) is 0.728. The molecule has 0 radical (unpaired) electrons. The molecule has 0 fully saturated rings. The fourth-order valence-corrected chi connectivity index (χ4v) is 2.11. The molecule has 6 heteroatoms. The topological polar surface area (TPSA) is 72.2 Å². The Labute approximate surface area is 93.1 Å². The van der Waals surface area contributed by atoms with Gasteiger partial charge in [-0.2, -0.15) is 0 Å². The van der Waals surface area contributed by atoms with E-state index in [-0.39, 0.29) is 18.2 Å². The zero-order valence-corrected chi connectivity index (χ0v) is 10.7. The van der Waals surface area contributed by atoms with E-state index in [4.69, 9.17) is 5.73 Å². The van der Waals surface area contributed by atoms with E-state index in [0.717, 1.165) is 6.42 Å². The Bertz CT molecular complexity index is 234. The standard InChI is InChI=1S/C8H20N2O2S.ClH/c1-4-5-6-13(11,12)10-7-8(2,3)9;/h10H,4-7,9H2,1-3H3;1H. The van der Waals surface area contributed by atoms with Crippen LogP contribution in [0.15, 0.2) is 0 Å². The minimum atomic E-state index is -3.11. The molecule has 0 aromatic carbocycles. The average Bonchev–Trinajstić information content (AvgIpc) is 1.97. The summed E-state index contributed by atoms with van der Waals surface area (Å²) in [6.45, 7) is 5.83. The number of hydrogen-bond acceptors (Lipinski definition) is 3. The van der Waals surface area contributed by atoms with Crippen molar-refractivity contribution in [2.75, 3.05) is 12.3 Å². The Morgan fingerprint density at radius 3 is 2.21 bits per heavy atom. The highest BCUT2D eigenvalue weighted by Crippen LogP contribution is 1.97. The lowest BCUT2D eigenvalue weighted by Crippen LogP contribution is -2.45. The number of halogens is 1. The van der Waals surface area contributed by atoms with E-state index in [1.54, 1.807) is 13.8 Å². The predicted octanol–water partition coefficient (Wildman–Crippen LogP) is 0.865. The second kappa shape index (κ2) is 6.61. The highest BCUT2D eigenvalue weighted by atomic mass is 35.5. The van der Waals surface area contributed by atoms with E-state index < -0.39 is 15.6 Å². The van der Waals surface area contributed by atoms with Gasteiger partial charge >= 0.3 is 0 Å². The smallest absolute Gasteiger partial charge is 0.211 e. The van der Waals surface area contributed by atoms with E-state index in [9.17, 15) is 8.42 Å². The summed E-state index contributed by atoms with van der Waals surface area (Å²) >= 11 is 0. The molecule has 0 aliphatic carbocycles. The number of sulfonamides is 1. The summed E-state index contributed by atoms with van der Waals surface area (Å²) < 4.78 is 25.0. The van der Waals surface area contributed by atoms with E-state index in [0.29, 0.717) is 13.0 Å². The maximum atomic E-state index is 11.3. The molecule has 0 atom stereocenters. The van der Waals surface area contributed by atoms with Gasteiger partial charge in [-0.1, -0.05) is 13.3 Å². The van der Waals surface area contributed by atoms with Crippen LogP contribution in [0.5, 0.6) is 0 Å². The Balaban J connectivity index is 0. The maximum absolute atomic E-state index is 11.3. The first-order chi connectivity index (χ1) is 5.77. The first kappa shape index (κ1) is 16.6. The third-order valence-electron chi connectivity index (χ3n) is 1.51. The van der Waals surface area contributed by atoms with Crippen LogP contribution in [-0.4, -0.2) is 26.3 Å². The SMILES string of the molecule is CCCCS(=O)(=O)NCC(C)(C)N.Cl. The van der Waals surface area contributed by atoms with Gasteiger partial charge in [0.25, 0.3) is 0 Å². The van der Waals surface area contributed by atoms with Crippen LogP contribution in [0.3, 0.4) is 0 Å². The van der Waals surface area contributed by atoms with Crippen molar-refractivity contribution in [1.29, 1.82) is 0 Å². The summed E-state index contributed by atoms with van der Waals surface area (Å²) in [6, 6.07) is 0. The lowest BCUT2D eigenvalue weighted by Gasteiger charge is -2.18. The predicted molar refractivity (Wildman–Crippen MR) is 62.2 cm³/mol. The summed E-state index contributed by atoms with van der Waals surface area (Å²) in [4.78, 5) is 0. The zero-order chi connectivity index (χ0) is 10.5. The minimum absolute atomic E-state index is 0. The Kier molecular flexibility index (Phi) is 7.83. The molecule has 88 valence electrons. The molecule has 0 unspecified atom stereocenters. The van der Waals surface area contributed by atoms with Crippen molar-refractivity contribution in [3.63, 3.8) is 0 Å². The fourth-order valence-electron chi connectivity index (χ4n) is 0.702. The summed E-state index contributed by atoms with van der Waals surface area (Å²) in [7, 11) is -3.11. The molecule has 0 aliphatic heterocycles. The molecule has 0 spiro atoms. The lowest BCUT2D eigenvalue weighted by molar-refractivity contribution is 0.497. The van der Waals surface area contributed by atoms with E-state index in [1.807, 2.05) is 6.92 Å². The highest BCUT2D eigenvalue weighted by molar-refractivity contribution is 7.89. The van der Waals surface area contributed by atoms with Crippen LogP contribution >= 0.6 is 12.4 Å². The first-order valence-corrected chi connectivity index (χ1v) is 6.18. The van der Waals surface area contributed by atoms with Crippen LogP contribution < -0.4 is 10.5 Å². The van der Waals surface area contributed by atoms with Crippen LogP contribution in [0.1, 0.15) is 33.6 Å². The molecule has 0 heterocycles. The van der Waals surface area contributed by atoms with Crippen LogP contribution in [0.2, 0.25) is 0 Å². The van der Waals surface area contributed by atoms with Gasteiger partial charge in [0.2, 0.25) is 10.0 Å². The van der Waals surface area contributed by atoms with Crippen molar-refractivity contribution in [2.24, 2.45) is 5.73 Å². The number of nitrogens with one attached hydrogen (secondary N) is 1. The molecule has 14 heavy (non-hydrogen) atoms. The number of rotatable bonds is 6. The molecule has 0 saturated heterocycles. The van der Waals surface area contributed by atoms with Crippen LogP contribution in [-0.2, 0) is 10.0 Å². The molecule has 3 N–H and O–H groups in total. The first-order valence-electron chi connectivity index (χ1n) is 4.53. The molecule has 0 aromatic heterocycles. The minimum Gasteiger partial charge on any atom is -0.324 e. The highest BCUT2D eigenvalue weighted by Gasteiger charge is 2.15. The van der Waals surface area contributed by atoms with Gasteiger partial charge in [0, 0.05) is 12.1 Å². The van der Waals surface area contributed by atoms with Crippen molar-refractivity contribution in [3.8, 4) is 0 Å². The number of nitrogens with two attached hydrogens (primary N) is 1. The molecule has 0 bridgehead atoms. The van der Waals surface area contributed by atoms with Crippen LogP contribution in [0.25, 0.3) is 0 Å². The van der Waals surface area contributed by atoms with Crippen LogP contribution in [0, 0.1) is 0 Å². The third-order valence-corrected chi connectivity index (χ3v) is 2.92. The Hall–Kier alpha value is 0.160. The average molecular weight is 245 g/mol. The third kappa shape index (κ3) is 10.2. The van der Waals surface area contributed by atoms with Gasteiger partial charge in [0.15, 0.2) is 0 Å². The molecular weight excluding hydrogens is 224 g/mol. The number of unbranched alkanes of at least 4 members (excludes halogenated alkanes) is 1. The molecule has 0 amide bonds. The normalized spacial score (nSPS) is 12.3. The van der Waals surface area contributed by atoms with Crippen LogP contribution in [0.4, 0.5) is 0 Å². The van der Waals surface area contributed by atoms with Crippen molar-refractivity contribution in [1.82, 2.24) is 4.72 Å². The van der Waals surface area contributed by atoms with Gasteiger partial charge < -0.3 is 5.73 Å². The fraction of sp³-hybridized carbons (Fsp3) is 1.00. The molecule has 0 rings (SSSR count). The van der Waals surface area contributed by atoms with Gasteiger partial charge in [-0.25, -0.2) is 13.1 Å². The molecule has 4 nitrogen and oxygen atoms in total. The summed E-state index contributed by atoms with van der Waals surface area (Å²) in [5.74, 6) is 0.194. The lowest BCUT2D eigenvalue weighted by atomic mass is 10.1. The molecule has 0 saturated carbocycles. The van der Waals surface area contributed by atoms with E-state index in [2.05, 4.69) is 4.72 Å². The summed E-state index contributed by atoms with van der Waals surface area (Å²) in [5, 5.41) is 0. The summed E-state index contributed by atoms with van der Waals surface area (Å²) in [5.41, 5.74) is 5.16. The second-order valence-corrected chi connectivity index (χ2v) is 5.91. The van der Waals surface area contributed by atoms with Gasteiger partial charge in [0.1, 0.15) is 0 Å². The van der Waals surface area contributed by atoms with Gasteiger partial charge in [-0.3, -0.25) is 0 Å². The summed E-state index contributed by atoms with van der Waals surface area (Å²) in [6.07, 6.45) is 1.58. The largest absolute Gasteiger partial charge is 0.324 e. The zero-order valence-electron chi connectivity index (χ0n) is 9.04.